The zero-order valence-electron chi connectivity index (χ0n) is 10.2. The van der Waals surface area contributed by atoms with E-state index in [0.717, 1.165) is 0 Å². The van der Waals surface area contributed by atoms with E-state index in [2.05, 4.69) is 72.3 Å². The summed E-state index contributed by atoms with van der Waals surface area (Å²) in [5, 5.41) is 1.26. The number of fused-ring (bicyclic) bond motifs is 1. The SMILES string of the molecule is C[n+]1c(/C=C/c2ccccc2)sc2ccccc21. The Labute approximate surface area is 111 Å². The summed E-state index contributed by atoms with van der Waals surface area (Å²) in [4.78, 5) is 0. The Morgan fingerprint density at radius 2 is 1.61 bits per heavy atom. The molecule has 0 atom stereocenters. The number of para-hydroxylation sites is 1. The van der Waals surface area contributed by atoms with Crippen molar-refractivity contribution in [2.24, 2.45) is 7.05 Å². The number of hydrogen-bond acceptors (Lipinski definition) is 1. The van der Waals surface area contributed by atoms with Crippen LogP contribution in [0.1, 0.15) is 10.6 Å². The summed E-state index contributed by atoms with van der Waals surface area (Å²) in [5.41, 5.74) is 2.52. The van der Waals surface area contributed by atoms with Gasteiger partial charge in [-0.25, -0.2) is 0 Å². The minimum atomic E-state index is 1.23. The highest BCUT2D eigenvalue weighted by molar-refractivity contribution is 7.18. The highest BCUT2D eigenvalue weighted by Gasteiger charge is 2.12. The minimum absolute atomic E-state index is 1.23. The molecule has 3 rings (SSSR count). The molecule has 0 saturated heterocycles. The highest BCUT2D eigenvalue weighted by atomic mass is 32.1. The van der Waals surface area contributed by atoms with E-state index in [4.69, 9.17) is 0 Å². The summed E-state index contributed by atoms with van der Waals surface area (Å²) in [6.07, 6.45) is 4.34. The summed E-state index contributed by atoms with van der Waals surface area (Å²) >= 11 is 1.82. The van der Waals surface area contributed by atoms with Crippen LogP contribution >= 0.6 is 11.3 Å². The standard InChI is InChI=1S/C16H14NS/c1-17-14-9-5-6-10-15(14)18-16(17)12-11-13-7-3-2-4-8-13/h2-12H,1H3/q+1/b12-11+. The van der Waals surface area contributed by atoms with Crippen LogP contribution in [0, 0.1) is 0 Å². The predicted molar refractivity (Wildman–Crippen MR) is 78.4 cm³/mol. The number of rotatable bonds is 2. The average Bonchev–Trinajstić information content (AvgIpc) is 2.75. The molecule has 2 heteroatoms. The maximum absolute atomic E-state index is 2.24. The summed E-state index contributed by atoms with van der Waals surface area (Å²) in [6.45, 7) is 0. The second-order valence-corrected chi connectivity index (χ2v) is 5.27. The molecule has 0 saturated carbocycles. The Hall–Kier alpha value is -1.93. The summed E-state index contributed by atoms with van der Waals surface area (Å²) in [7, 11) is 2.11. The topological polar surface area (TPSA) is 3.88 Å². The number of benzene rings is 2. The molecule has 0 aliphatic rings. The van der Waals surface area contributed by atoms with Crippen molar-refractivity contribution in [1.82, 2.24) is 0 Å². The average molecular weight is 252 g/mol. The third-order valence-corrected chi connectivity index (χ3v) is 4.17. The largest absolute Gasteiger partial charge is 0.262 e. The fraction of sp³-hybridized carbons (Fsp3) is 0.0625. The maximum atomic E-state index is 2.24. The second-order valence-electron chi connectivity index (χ2n) is 4.21. The van der Waals surface area contributed by atoms with E-state index in [1.165, 1.54) is 20.8 Å². The van der Waals surface area contributed by atoms with Crippen LogP contribution in [0.25, 0.3) is 22.4 Å². The van der Waals surface area contributed by atoms with Crippen molar-refractivity contribution >= 4 is 33.7 Å². The van der Waals surface area contributed by atoms with Gasteiger partial charge in [0, 0.05) is 12.1 Å². The highest BCUT2D eigenvalue weighted by Crippen LogP contribution is 2.21. The van der Waals surface area contributed by atoms with Crippen molar-refractivity contribution in [2.75, 3.05) is 0 Å². The number of aromatic nitrogens is 1. The Morgan fingerprint density at radius 1 is 0.889 bits per heavy atom. The van der Waals surface area contributed by atoms with E-state index in [0.29, 0.717) is 0 Å². The van der Waals surface area contributed by atoms with Crippen molar-refractivity contribution in [3.05, 3.63) is 65.2 Å². The molecule has 2 aromatic carbocycles. The summed E-state index contributed by atoms with van der Waals surface area (Å²) in [6, 6.07) is 18.9. The van der Waals surface area contributed by atoms with E-state index in [1.54, 1.807) is 0 Å². The second kappa shape index (κ2) is 4.75. The molecule has 0 fully saturated rings. The van der Waals surface area contributed by atoms with Crippen molar-refractivity contribution in [3.63, 3.8) is 0 Å². The first kappa shape index (κ1) is 11.2. The van der Waals surface area contributed by atoms with Crippen LogP contribution in [0.3, 0.4) is 0 Å². The van der Waals surface area contributed by atoms with Crippen LogP contribution < -0.4 is 4.57 Å². The zero-order chi connectivity index (χ0) is 12.4. The molecule has 0 aliphatic heterocycles. The molecule has 0 N–H and O–H groups in total. The molecule has 1 heterocycles. The van der Waals surface area contributed by atoms with E-state index < -0.39 is 0 Å². The third-order valence-electron chi connectivity index (χ3n) is 2.99. The van der Waals surface area contributed by atoms with Gasteiger partial charge in [0.05, 0.1) is 0 Å². The minimum Gasteiger partial charge on any atom is -0.185 e. The monoisotopic (exact) mass is 252 g/mol. The van der Waals surface area contributed by atoms with Gasteiger partial charge >= 0.3 is 0 Å². The maximum Gasteiger partial charge on any atom is 0.262 e. The number of nitrogens with zero attached hydrogens (tertiary/aromatic N) is 1. The van der Waals surface area contributed by atoms with Gasteiger partial charge in [-0.15, -0.1) is 0 Å². The summed E-state index contributed by atoms with van der Waals surface area (Å²) < 4.78 is 3.56. The molecule has 0 spiro atoms. The Bertz CT molecular complexity index is 695. The third kappa shape index (κ3) is 2.07. The molecule has 3 aromatic rings. The van der Waals surface area contributed by atoms with Gasteiger partial charge in [0.25, 0.3) is 5.01 Å². The molecule has 0 bridgehead atoms. The first-order valence-electron chi connectivity index (χ1n) is 5.95. The smallest absolute Gasteiger partial charge is 0.185 e. The Kier molecular flexibility index (Phi) is 2.95. The predicted octanol–water partition coefficient (Wildman–Crippen LogP) is 3.90. The normalized spacial score (nSPS) is 11.4. The Morgan fingerprint density at radius 3 is 2.39 bits per heavy atom. The number of aryl methyl sites for hydroxylation is 1. The lowest BCUT2D eigenvalue weighted by atomic mass is 10.2. The molecule has 1 nitrogen and oxygen atoms in total. The molecule has 0 unspecified atom stereocenters. The molecular formula is C16H14NS+. The fourth-order valence-electron chi connectivity index (χ4n) is 2.00. The van der Waals surface area contributed by atoms with Gasteiger partial charge in [0.2, 0.25) is 5.52 Å². The van der Waals surface area contributed by atoms with Crippen LogP contribution in [-0.4, -0.2) is 0 Å². The van der Waals surface area contributed by atoms with E-state index >= 15 is 0 Å². The van der Waals surface area contributed by atoms with Gasteiger partial charge in [-0.3, -0.25) is 0 Å². The summed E-state index contributed by atoms with van der Waals surface area (Å²) in [5.74, 6) is 0. The first-order valence-corrected chi connectivity index (χ1v) is 6.77. The van der Waals surface area contributed by atoms with E-state index in [-0.39, 0.29) is 0 Å². The molecule has 88 valence electrons. The van der Waals surface area contributed by atoms with Gasteiger partial charge in [-0.2, -0.15) is 4.57 Å². The van der Waals surface area contributed by atoms with Crippen molar-refractivity contribution in [2.45, 2.75) is 0 Å². The lowest BCUT2D eigenvalue weighted by molar-refractivity contribution is -0.642. The molecule has 0 radical (unpaired) electrons. The van der Waals surface area contributed by atoms with Crippen molar-refractivity contribution in [3.8, 4) is 0 Å². The molecule has 18 heavy (non-hydrogen) atoms. The Balaban J connectivity index is 2.00. The van der Waals surface area contributed by atoms with Gasteiger partial charge in [-0.05, 0) is 17.7 Å². The molecular weight excluding hydrogens is 238 g/mol. The van der Waals surface area contributed by atoms with Crippen LogP contribution in [0.4, 0.5) is 0 Å². The lowest BCUT2D eigenvalue weighted by Crippen LogP contribution is -2.28. The van der Waals surface area contributed by atoms with E-state index in [1.807, 2.05) is 17.4 Å². The van der Waals surface area contributed by atoms with Gasteiger partial charge in [0.1, 0.15) is 11.7 Å². The number of thiazole rings is 1. The quantitative estimate of drug-likeness (QED) is 0.609. The van der Waals surface area contributed by atoms with Crippen molar-refractivity contribution < 1.29 is 4.57 Å². The van der Waals surface area contributed by atoms with Gasteiger partial charge in [0.15, 0.2) is 0 Å². The molecule has 0 aliphatic carbocycles. The van der Waals surface area contributed by atoms with Crippen LogP contribution in [0.5, 0.6) is 0 Å². The van der Waals surface area contributed by atoms with Gasteiger partial charge < -0.3 is 0 Å². The van der Waals surface area contributed by atoms with Crippen molar-refractivity contribution in [1.29, 1.82) is 0 Å². The van der Waals surface area contributed by atoms with E-state index in [9.17, 15) is 0 Å². The van der Waals surface area contributed by atoms with Crippen LogP contribution in [-0.2, 0) is 7.05 Å². The van der Waals surface area contributed by atoms with Crippen LogP contribution in [0.15, 0.2) is 54.6 Å². The van der Waals surface area contributed by atoms with Gasteiger partial charge in [-0.1, -0.05) is 53.8 Å². The molecule has 1 aromatic heterocycles. The zero-order valence-corrected chi connectivity index (χ0v) is 11.0. The fourth-order valence-corrected chi connectivity index (χ4v) is 3.05. The van der Waals surface area contributed by atoms with Crippen LogP contribution in [0.2, 0.25) is 0 Å². The molecule has 0 amide bonds. The first-order chi connectivity index (χ1) is 8.84. The number of hydrogen-bond donors (Lipinski definition) is 0. The lowest BCUT2D eigenvalue weighted by Gasteiger charge is -1.89.